The second kappa shape index (κ2) is 4.34. The maximum atomic E-state index is 11.4. The predicted octanol–water partition coefficient (Wildman–Crippen LogP) is 0.793. The fourth-order valence-corrected chi connectivity index (χ4v) is 1.97. The highest BCUT2D eigenvalue weighted by Gasteiger charge is 2.31. The molecule has 1 fully saturated rings. The van der Waals surface area contributed by atoms with Crippen LogP contribution >= 0.6 is 0 Å². The Kier molecular flexibility index (Phi) is 3.59. The Bertz CT molecular complexity index is 218. The quantitative estimate of drug-likeness (QED) is 0.620. The lowest BCUT2D eigenvalue weighted by Crippen LogP contribution is -2.56. The highest BCUT2D eigenvalue weighted by molar-refractivity contribution is 6.14. The van der Waals surface area contributed by atoms with Crippen molar-refractivity contribution in [2.75, 3.05) is 19.6 Å². The Labute approximate surface area is 87.9 Å². The molecule has 0 aromatic rings. The molecule has 0 N–H and O–H groups in total. The molecule has 3 nitrogen and oxygen atoms in total. The SMILES string of the molecule is [B]N1CCN(C(C)(C)CCC)CC1=O. The van der Waals surface area contributed by atoms with Crippen molar-refractivity contribution in [1.29, 1.82) is 0 Å². The van der Waals surface area contributed by atoms with E-state index in [1.54, 1.807) is 0 Å². The smallest absolute Gasteiger partial charge is 0.230 e. The monoisotopic (exact) mass is 194 g/mol. The van der Waals surface area contributed by atoms with Crippen LogP contribution in [0.25, 0.3) is 0 Å². The van der Waals surface area contributed by atoms with Gasteiger partial charge >= 0.3 is 0 Å². The minimum Gasteiger partial charge on any atom is -0.394 e. The van der Waals surface area contributed by atoms with E-state index in [1.165, 1.54) is 4.81 Å². The van der Waals surface area contributed by atoms with Gasteiger partial charge in [-0.1, -0.05) is 13.3 Å². The van der Waals surface area contributed by atoms with Gasteiger partial charge in [-0.3, -0.25) is 9.69 Å². The van der Waals surface area contributed by atoms with Gasteiger partial charge in [-0.2, -0.15) is 0 Å². The van der Waals surface area contributed by atoms with Gasteiger partial charge in [-0.25, -0.2) is 0 Å². The molecule has 0 aromatic heterocycles. The van der Waals surface area contributed by atoms with E-state index in [0.29, 0.717) is 13.1 Å². The highest BCUT2D eigenvalue weighted by atomic mass is 16.2. The van der Waals surface area contributed by atoms with Crippen LogP contribution in [-0.2, 0) is 4.79 Å². The molecule has 1 rings (SSSR count). The van der Waals surface area contributed by atoms with Crippen LogP contribution in [0.1, 0.15) is 33.6 Å². The van der Waals surface area contributed by atoms with Gasteiger partial charge in [0.05, 0.1) is 6.54 Å². The molecule has 78 valence electrons. The molecule has 4 heteroatoms. The summed E-state index contributed by atoms with van der Waals surface area (Å²) in [4.78, 5) is 15.0. The maximum Gasteiger partial charge on any atom is 0.230 e. The van der Waals surface area contributed by atoms with Crippen molar-refractivity contribution >= 4 is 13.9 Å². The molecule has 0 atom stereocenters. The summed E-state index contributed by atoms with van der Waals surface area (Å²) in [7, 11) is 5.51. The molecule has 1 amide bonds. The Morgan fingerprint density at radius 3 is 2.57 bits per heavy atom. The third-order valence-corrected chi connectivity index (χ3v) is 2.98. The van der Waals surface area contributed by atoms with Gasteiger partial charge in [-0.05, 0) is 20.3 Å². The van der Waals surface area contributed by atoms with E-state index >= 15 is 0 Å². The first-order valence-corrected chi connectivity index (χ1v) is 5.27. The average molecular weight is 194 g/mol. The topological polar surface area (TPSA) is 23.6 Å². The minimum absolute atomic E-state index is 0.0282. The van der Waals surface area contributed by atoms with Crippen LogP contribution in [0, 0.1) is 0 Å². The van der Waals surface area contributed by atoms with E-state index in [9.17, 15) is 4.79 Å². The van der Waals surface area contributed by atoms with Gasteiger partial charge in [0, 0.05) is 18.6 Å². The van der Waals surface area contributed by atoms with Crippen molar-refractivity contribution in [2.45, 2.75) is 39.2 Å². The highest BCUT2D eigenvalue weighted by Crippen LogP contribution is 2.21. The normalized spacial score (nSPS) is 20.2. The Morgan fingerprint density at radius 1 is 1.43 bits per heavy atom. The van der Waals surface area contributed by atoms with Crippen molar-refractivity contribution in [2.24, 2.45) is 0 Å². The number of carbonyl (C=O) groups excluding carboxylic acids is 1. The number of hydrogen-bond donors (Lipinski definition) is 0. The molecule has 1 aliphatic rings. The molecule has 0 aliphatic carbocycles. The van der Waals surface area contributed by atoms with E-state index in [0.717, 1.165) is 19.4 Å². The first-order valence-electron chi connectivity index (χ1n) is 5.27. The van der Waals surface area contributed by atoms with E-state index in [2.05, 4.69) is 25.7 Å². The Balaban J connectivity index is 2.57. The molecule has 1 aliphatic heterocycles. The zero-order chi connectivity index (χ0) is 10.8. The second-order valence-corrected chi connectivity index (χ2v) is 4.57. The van der Waals surface area contributed by atoms with Crippen LogP contribution in [0.5, 0.6) is 0 Å². The van der Waals surface area contributed by atoms with Crippen LogP contribution < -0.4 is 0 Å². The summed E-state index contributed by atoms with van der Waals surface area (Å²) >= 11 is 0. The third-order valence-electron chi connectivity index (χ3n) is 2.98. The van der Waals surface area contributed by atoms with E-state index in [-0.39, 0.29) is 11.4 Å². The molecular formula is C10H19BN2O. The van der Waals surface area contributed by atoms with Gasteiger partial charge in [0.15, 0.2) is 0 Å². The van der Waals surface area contributed by atoms with Crippen molar-refractivity contribution < 1.29 is 4.79 Å². The second-order valence-electron chi connectivity index (χ2n) is 4.57. The number of piperazine rings is 1. The number of rotatable bonds is 3. The molecule has 1 heterocycles. The summed E-state index contributed by atoms with van der Waals surface area (Å²) in [6, 6.07) is 0. The molecule has 0 unspecified atom stereocenters. The Hall–Kier alpha value is -0.505. The fourth-order valence-electron chi connectivity index (χ4n) is 1.97. The summed E-state index contributed by atoms with van der Waals surface area (Å²) in [6.07, 6.45) is 2.26. The van der Waals surface area contributed by atoms with E-state index in [4.69, 9.17) is 7.98 Å². The van der Waals surface area contributed by atoms with Crippen molar-refractivity contribution in [1.82, 2.24) is 9.71 Å². The number of hydrogen-bond acceptors (Lipinski definition) is 2. The average Bonchev–Trinajstić information content (AvgIpc) is 2.09. The molecule has 14 heavy (non-hydrogen) atoms. The summed E-state index contributed by atoms with van der Waals surface area (Å²) in [5.74, 6) is 0.0282. The third kappa shape index (κ3) is 2.50. The summed E-state index contributed by atoms with van der Waals surface area (Å²) in [6.45, 7) is 8.54. The van der Waals surface area contributed by atoms with Crippen LogP contribution in [0.2, 0.25) is 0 Å². The molecule has 0 spiro atoms. The largest absolute Gasteiger partial charge is 0.394 e. The molecule has 0 saturated carbocycles. The molecule has 0 bridgehead atoms. The van der Waals surface area contributed by atoms with Crippen molar-refractivity contribution in [3.8, 4) is 0 Å². The van der Waals surface area contributed by atoms with Gasteiger partial charge in [0.1, 0.15) is 0 Å². The number of nitrogens with zero attached hydrogens (tertiary/aromatic N) is 2. The van der Waals surface area contributed by atoms with Gasteiger partial charge in [0.25, 0.3) is 0 Å². The van der Waals surface area contributed by atoms with Crippen LogP contribution in [-0.4, -0.2) is 48.8 Å². The van der Waals surface area contributed by atoms with E-state index in [1.807, 2.05) is 0 Å². The first-order chi connectivity index (χ1) is 6.47. The lowest BCUT2D eigenvalue weighted by molar-refractivity contribution is -0.133. The van der Waals surface area contributed by atoms with Crippen LogP contribution in [0.15, 0.2) is 0 Å². The summed E-state index contributed by atoms with van der Waals surface area (Å²) in [5, 5.41) is 0. The Morgan fingerprint density at radius 2 is 2.07 bits per heavy atom. The van der Waals surface area contributed by atoms with E-state index < -0.39 is 0 Å². The number of amides is 1. The molecule has 1 saturated heterocycles. The van der Waals surface area contributed by atoms with Crippen molar-refractivity contribution in [3.63, 3.8) is 0 Å². The van der Waals surface area contributed by atoms with Gasteiger partial charge in [-0.15, -0.1) is 0 Å². The van der Waals surface area contributed by atoms with Crippen molar-refractivity contribution in [3.05, 3.63) is 0 Å². The number of carbonyl (C=O) groups is 1. The predicted molar refractivity (Wildman–Crippen MR) is 58.0 cm³/mol. The molecule has 0 aromatic carbocycles. The zero-order valence-electron chi connectivity index (χ0n) is 9.42. The molecular weight excluding hydrogens is 175 g/mol. The standard InChI is InChI=1S/C10H19BN2O/c1-4-5-10(2,3)12-6-7-13(11)9(14)8-12/h4-8H2,1-3H3. The maximum absolute atomic E-state index is 11.4. The lowest BCUT2D eigenvalue weighted by Gasteiger charge is -2.43. The lowest BCUT2D eigenvalue weighted by atomic mass is 9.95. The van der Waals surface area contributed by atoms with Gasteiger partial charge in [0.2, 0.25) is 13.9 Å². The summed E-state index contributed by atoms with van der Waals surface area (Å²) in [5.41, 5.74) is 0.117. The summed E-state index contributed by atoms with van der Waals surface area (Å²) < 4.78 is 0. The van der Waals surface area contributed by atoms with Crippen LogP contribution in [0.4, 0.5) is 0 Å². The fraction of sp³-hybridized carbons (Fsp3) is 0.900. The zero-order valence-corrected chi connectivity index (χ0v) is 9.42. The minimum atomic E-state index is 0.0282. The first kappa shape index (κ1) is 11.6. The van der Waals surface area contributed by atoms with Gasteiger partial charge < -0.3 is 4.81 Å². The molecule has 2 radical (unpaired) electrons. The van der Waals surface area contributed by atoms with Crippen LogP contribution in [0.3, 0.4) is 0 Å².